The fraction of sp³-hybridized carbons (Fsp3) is 0.583. The Morgan fingerprint density at radius 1 is 1.15 bits per heavy atom. The zero-order valence-electron chi connectivity index (χ0n) is 18.8. The van der Waals surface area contributed by atoms with Gasteiger partial charge in [0.05, 0.1) is 12.3 Å². The molecule has 0 amide bonds. The molecule has 2 aliphatic heterocycles. The molecule has 1 aliphatic carbocycles. The van der Waals surface area contributed by atoms with Crippen LogP contribution in [-0.4, -0.2) is 58.8 Å². The molecule has 0 radical (unpaired) electrons. The topological polar surface area (TPSA) is 61.7 Å². The Balaban J connectivity index is 1.27. The van der Waals surface area contributed by atoms with Crippen molar-refractivity contribution >= 4 is 40.8 Å². The van der Waals surface area contributed by atoms with Crippen molar-refractivity contribution in [2.24, 2.45) is 17.8 Å². The Bertz CT molecular complexity index is 1030. The lowest BCUT2D eigenvalue weighted by atomic mass is 9.80. The molecule has 9 heteroatoms. The molecule has 33 heavy (non-hydrogen) atoms. The van der Waals surface area contributed by atoms with Gasteiger partial charge in [-0.15, -0.1) is 0 Å². The smallest absolute Gasteiger partial charge is 0.238 e. The van der Waals surface area contributed by atoms with E-state index in [-0.39, 0.29) is 12.7 Å². The number of hydrogen-bond donors (Lipinski definition) is 1. The molecule has 3 fully saturated rings. The van der Waals surface area contributed by atoms with Crippen molar-refractivity contribution in [2.45, 2.75) is 38.8 Å². The average molecular weight is 512 g/mol. The van der Waals surface area contributed by atoms with Gasteiger partial charge in [0.1, 0.15) is 11.1 Å². The maximum absolute atomic E-state index is 9.38. The number of hydrogen-bond acceptors (Lipinski definition) is 6. The van der Waals surface area contributed by atoms with Crippen molar-refractivity contribution in [3.05, 3.63) is 44.5 Å². The van der Waals surface area contributed by atoms with Crippen LogP contribution in [0.3, 0.4) is 0 Å². The van der Waals surface area contributed by atoms with Crippen LogP contribution in [0.15, 0.2) is 18.2 Å². The van der Waals surface area contributed by atoms with Crippen LogP contribution in [0.1, 0.15) is 37.1 Å². The van der Waals surface area contributed by atoms with Gasteiger partial charge < -0.3 is 14.7 Å². The van der Waals surface area contributed by atoms with Gasteiger partial charge in [-0.2, -0.15) is 4.98 Å². The van der Waals surface area contributed by atoms with E-state index in [9.17, 15) is 5.11 Å². The monoisotopic (exact) mass is 510 g/mol. The summed E-state index contributed by atoms with van der Waals surface area (Å²) in [7, 11) is 0. The van der Waals surface area contributed by atoms with E-state index in [0.29, 0.717) is 50.5 Å². The predicted molar refractivity (Wildman–Crippen MR) is 132 cm³/mol. The molecular formula is C24H29Cl3N4O2. The number of aromatic nitrogens is 2. The van der Waals surface area contributed by atoms with Crippen LogP contribution in [-0.2, 0) is 0 Å². The first kappa shape index (κ1) is 23.4. The Morgan fingerprint density at radius 2 is 1.94 bits per heavy atom. The summed E-state index contributed by atoms with van der Waals surface area (Å²) in [6.07, 6.45) is 2.24. The van der Waals surface area contributed by atoms with Crippen molar-refractivity contribution in [2.75, 3.05) is 37.7 Å². The van der Waals surface area contributed by atoms with Crippen molar-refractivity contribution in [1.82, 2.24) is 14.9 Å². The number of nitrogens with zero attached hydrogens (tertiary/aromatic N) is 4. The highest BCUT2D eigenvalue weighted by Crippen LogP contribution is 2.47. The number of rotatable bonds is 7. The summed E-state index contributed by atoms with van der Waals surface area (Å²) in [4.78, 5) is 14.0. The summed E-state index contributed by atoms with van der Waals surface area (Å²) < 4.78 is 6.13. The minimum atomic E-state index is -0.342. The average Bonchev–Trinajstić information content (AvgIpc) is 3.31. The number of benzene rings is 1. The molecular weight excluding hydrogens is 483 g/mol. The fourth-order valence-electron chi connectivity index (χ4n) is 5.83. The number of anilines is 1. The van der Waals surface area contributed by atoms with Gasteiger partial charge in [0.25, 0.3) is 0 Å². The first-order valence-corrected chi connectivity index (χ1v) is 12.7. The van der Waals surface area contributed by atoms with Gasteiger partial charge in [0, 0.05) is 47.8 Å². The SMILES string of the molecule is Cc1nc(N2CC([C@H]3CC4CC3N(CCO)C4)C2)nc(O[C@H](C)c2ccc(Cl)cc2Cl)c1Cl. The predicted octanol–water partition coefficient (Wildman–Crippen LogP) is 5.02. The molecule has 3 heterocycles. The summed E-state index contributed by atoms with van der Waals surface area (Å²) in [6.45, 7) is 7.86. The summed E-state index contributed by atoms with van der Waals surface area (Å²) in [5.41, 5.74) is 1.52. The third-order valence-electron chi connectivity index (χ3n) is 7.49. The molecule has 0 spiro atoms. The van der Waals surface area contributed by atoms with Crippen molar-refractivity contribution in [3.63, 3.8) is 0 Å². The number of piperidine rings is 1. The lowest BCUT2D eigenvalue weighted by Crippen LogP contribution is -2.55. The number of aliphatic hydroxyl groups excluding tert-OH is 1. The number of ether oxygens (including phenoxy) is 1. The molecule has 5 rings (SSSR count). The maximum atomic E-state index is 9.38. The first-order chi connectivity index (χ1) is 15.8. The highest BCUT2D eigenvalue weighted by molar-refractivity contribution is 6.35. The normalized spacial score (nSPS) is 26.0. The fourth-order valence-corrected chi connectivity index (χ4v) is 6.52. The lowest BCUT2D eigenvalue weighted by molar-refractivity contribution is 0.0872. The van der Waals surface area contributed by atoms with E-state index in [1.54, 1.807) is 12.1 Å². The van der Waals surface area contributed by atoms with Crippen LogP contribution in [0.5, 0.6) is 5.88 Å². The number of halogens is 3. The maximum Gasteiger partial charge on any atom is 0.238 e. The highest BCUT2D eigenvalue weighted by atomic mass is 35.5. The molecule has 2 aromatic rings. The Labute approximate surface area is 209 Å². The third kappa shape index (κ3) is 4.53. The number of aliphatic hydroxyl groups is 1. The van der Waals surface area contributed by atoms with E-state index >= 15 is 0 Å². The summed E-state index contributed by atoms with van der Waals surface area (Å²) >= 11 is 18.9. The van der Waals surface area contributed by atoms with Gasteiger partial charge in [-0.25, -0.2) is 4.98 Å². The molecule has 4 atom stereocenters. The number of fused-ring (bicyclic) bond motifs is 2. The molecule has 1 N–H and O–H groups in total. The summed E-state index contributed by atoms with van der Waals surface area (Å²) in [6, 6.07) is 5.96. The Kier molecular flexibility index (Phi) is 6.66. The molecule has 1 aromatic carbocycles. The van der Waals surface area contributed by atoms with Crippen molar-refractivity contribution < 1.29 is 9.84 Å². The van der Waals surface area contributed by atoms with Gasteiger partial charge >= 0.3 is 0 Å². The van der Waals surface area contributed by atoms with Crippen LogP contribution in [0, 0.1) is 24.7 Å². The standard InChI is InChI=1S/C24H29Cl3N4O2/c1-13-22(27)23(33-14(2)18-4-3-17(25)9-20(18)26)29-24(28-13)31-11-16(12-31)19-7-15-8-21(19)30(10-15)5-6-32/h3-4,9,14-16,19,21,32H,5-8,10-12H2,1-2H3/t14-,15?,19-,21?/m1/s1. The Hall–Kier alpha value is -1.31. The second-order valence-electron chi connectivity index (χ2n) is 9.61. The van der Waals surface area contributed by atoms with E-state index in [0.717, 1.165) is 37.7 Å². The molecule has 2 unspecified atom stereocenters. The van der Waals surface area contributed by atoms with E-state index < -0.39 is 0 Å². The minimum Gasteiger partial charge on any atom is -0.469 e. The zero-order valence-corrected chi connectivity index (χ0v) is 21.1. The molecule has 1 aromatic heterocycles. The second kappa shape index (κ2) is 9.38. The van der Waals surface area contributed by atoms with E-state index in [1.807, 2.05) is 19.9 Å². The summed E-state index contributed by atoms with van der Waals surface area (Å²) in [5.74, 6) is 3.15. The van der Waals surface area contributed by atoms with Gasteiger partial charge in [0.2, 0.25) is 11.8 Å². The zero-order chi connectivity index (χ0) is 23.3. The molecule has 6 nitrogen and oxygen atoms in total. The molecule has 1 saturated carbocycles. The van der Waals surface area contributed by atoms with Crippen LogP contribution in [0.25, 0.3) is 0 Å². The highest BCUT2D eigenvalue weighted by Gasteiger charge is 2.50. The van der Waals surface area contributed by atoms with Gasteiger partial charge in [0.15, 0.2) is 0 Å². The van der Waals surface area contributed by atoms with Gasteiger partial charge in [-0.05, 0) is 56.6 Å². The van der Waals surface area contributed by atoms with Crippen molar-refractivity contribution in [1.29, 1.82) is 0 Å². The number of likely N-dealkylation sites (tertiary alicyclic amines) is 1. The van der Waals surface area contributed by atoms with Crippen LogP contribution >= 0.6 is 34.8 Å². The minimum absolute atomic E-state index is 0.243. The van der Waals surface area contributed by atoms with Crippen LogP contribution < -0.4 is 9.64 Å². The first-order valence-electron chi connectivity index (χ1n) is 11.6. The lowest BCUT2D eigenvalue weighted by Gasteiger charge is -2.47. The largest absolute Gasteiger partial charge is 0.469 e. The Morgan fingerprint density at radius 3 is 2.64 bits per heavy atom. The van der Waals surface area contributed by atoms with Gasteiger partial charge in [-0.1, -0.05) is 40.9 Å². The van der Waals surface area contributed by atoms with Crippen LogP contribution in [0.2, 0.25) is 15.1 Å². The molecule has 2 bridgehead atoms. The molecule has 3 aliphatic rings. The van der Waals surface area contributed by atoms with E-state index in [1.165, 1.54) is 12.8 Å². The van der Waals surface area contributed by atoms with Gasteiger partial charge in [-0.3, -0.25) is 4.90 Å². The third-order valence-corrected chi connectivity index (χ3v) is 8.48. The molecule has 178 valence electrons. The second-order valence-corrected chi connectivity index (χ2v) is 10.8. The summed E-state index contributed by atoms with van der Waals surface area (Å²) in [5, 5.41) is 10.9. The quantitative estimate of drug-likeness (QED) is 0.563. The van der Waals surface area contributed by atoms with E-state index in [2.05, 4.69) is 19.8 Å². The molecule has 2 saturated heterocycles. The number of aryl methyl sites for hydroxylation is 1. The number of β-amino-alcohol motifs (C(OH)–C–C–N with tert-alkyl or cyclic N) is 1. The van der Waals surface area contributed by atoms with Crippen molar-refractivity contribution in [3.8, 4) is 5.88 Å². The van der Waals surface area contributed by atoms with E-state index in [4.69, 9.17) is 39.5 Å². The van der Waals surface area contributed by atoms with Crippen LogP contribution in [0.4, 0.5) is 5.95 Å².